The molecule has 0 amide bonds. The zero-order chi connectivity index (χ0) is 18.3. The minimum absolute atomic E-state index is 0.0956. The van der Waals surface area contributed by atoms with Gasteiger partial charge in [0, 0.05) is 0 Å². The first-order valence-corrected chi connectivity index (χ1v) is 10.6. The molecule has 131 valence electrons. The Morgan fingerprint density at radius 1 is 0.444 bits per heavy atom. The third-order valence-corrected chi connectivity index (χ3v) is 6.70. The smallest absolute Gasteiger partial charge is 0.283 e. The van der Waals surface area contributed by atoms with E-state index >= 15 is 0 Å². The molecule has 0 N–H and O–H groups in total. The van der Waals surface area contributed by atoms with E-state index < -0.39 is 9.04 Å². The molecule has 0 fully saturated rings. The van der Waals surface area contributed by atoms with Crippen molar-refractivity contribution in [1.82, 2.24) is 0 Å². The first-order valence-electron chi connectivity index (χ1n) is 9.16. The molecule has 4 aromatic rings. The molecule has 0 bridgehead atoms. The summed E-state index contributed by atoms with van der Waals surface area (Å²) in [7, 11) is -1.39. The van der Waals surface area contributed by atoms with E-state index in [0.29, 0.717) is 0 Å². The third kappa shape index (κ3) is 4.25. The van der Waals surface area contributed by atoms with Gasteiger partial charge in [-0.05, 0) is 21.5 Å². The molecule has 0 saturated heterocycles. The predicted molar refractivity (Wildman–Crippen MR) is 114 cm³/mol. The standard InChI is InChI=1S/C25H21OSi/c1-5-13-21(14-6-1)25(22-15-7-2-8-16-22)26-27(23-17-9-3-10-18-23)24-19-11-4-12-20-24/h1-20,25H. The molecule has 4 aromatic carbocycles. The van der Waals surface area contributed by atoms with Crippen LogP contribution in [0, 0.1) is 0 Å². The maximum absolute atomic E-state index is 6.90. The van der Waals surface area contributed by atoms with Gasteiger partial charge in [-0.3, -0.25) is 0 Å². The van der Waals surface area contributed by atoms with Crippen molar-refractivity contribution < 1.29 is 4.43 Å². The summed E-state index contributed by atoms with van der Waals surface area (Å²) in [5, 5.41) is 2.51. The van der Waals surface area contributed by atoms with Crippen LogP contribution in [0.25, 0.3) is 0 Å². The van der Waals surface area contributed by atoms with Gasteiger partial charge in [-0.2, -0.15) is 0 Å². The SMILES string of the molecule is c1ccc(C(O[Si](c2ccccc2)c2ccccc2)c2ccccc2)cc1. The normalized spacial score (nSPS) is 11.0. The molecule has 0 spiro atoms. The van der Waals surface area contributed by atoms with Crippen LogP contribution in [0.4, 0.5) is 0 Å². The molecule has 0 atom stereocenters. The van der Waals surface area contributed by atoms with Crippen molar-refractivity contribution >= 4 is 19.4 Å². The Kier molecular flexibility index (Phi) is 5.58. The molecule has 27 heavy (non-hydrogen) atoms. The van der Waals surface area contributed by atoms with Crippen molar-refractivity contribution in [3.8, 4) is 0 Å². The lowest BCUT2D eigenvalue weighted by atomic mass is 10.0. The van der Waals surface area contributed by atoms with E-state index in [9.17, 15) is 0 Å². The third-order valence-electron chi connectivity index (χ3n) is 4.51. The molecule has 1 radical (unpaired) electrons. The summed E-state index contributed by atoms with van der Waals surface area (Å²) in [5.74, 6) is 0. The molecular formula is C25H21OSi. The Morgan fingerprint density at radius 3 is 1.15 bits per heavy atom. The average molecular weight is 366 g/mol. The lowest BCUT2D eigenvalue weighted by Crippen LogP contribution is -2.45. The highest BCUT2D eigenvalue weighted by Crippen LogP contribution is 2.26. The second-order valence-electron chi connectivity index (χ2n) is 6.38. The monoisotopic (exact) mass is 365 g/mol. The Bertz CT molecular complexity index is 780. The molecule has 4 rings (SSSR count). The van der Waals surface area contributed by atoms with E-state index in [4.69, 9.17) is 4.43 Å². The summed E-state index contributed by atoms with van der Waals surface area (Å²) >= 11 is 0. The number of hydrogen-bond acceptors (Lipinski definition) is 1. The molecular weight excluding hydrogens is 344 g/mol. The topological polar surface area (TPSA) is 9.23 Å². The Balaban J connectivity index is 1.77. The van der Waals surface area contributed by atoms with E-state index in [1.807, 2.05) is 12.1 Å². The van der Waals surface area contributed by atoms with E-state index in [2.05, 4.69) is 109 Å². The number of hydrogen-bond donors (Lipinski definition) is 0. The van der Waals surface area contributed by atoms with Crippen molar-refractivity contribution in [3.05, 3.63) is 132 Å². The zero-order valence-corrected chi connectivity index (χ0v) is 16.0. The minimum Gasteiger partial charge on any atom is -0.396 e. The molecule has 0 unspecified atom stereocenters. The van der Waals surface area contributed by atoms with Gasteiger partial charge in [-0.15, -0.1) is 0 Å². The van der Waals surface area contributed by atoms with Gasteiger partial charge in [0.05, 0.1) is 6.10 Å². The van der Waals surface area contributed by atoms with Crippen molar-refractivity contribution in [3.63, 3.8) is 0 Å². The van der Waals surface area contributed by atoms with Crippen molar-refractivity contribution in [1.29, 1.82) is 0 Å². The minimum atomic E-state index is -1.39. The Hall–Kier alpha value is -2.94. The molecule has 0 aromatic heterocycles. The van der Waals surface area contributed by atoms with Crippen LogP contribution in [0.5, 0.6) is 0 Å². The van der Waals surface area contributed by atoms with Gasteiger partial charge in [0.2, 0.25) is 0 Å². The summed E-state index contributed by atoms with van der Waals surface area (Å²) in [6.45, 7) is 0. The van der Waals surface area contributed by atoms with Crippen LogP contribution >= 0.6 is 0 Å². The Labute approximate surface area is 162 Å². The summed E-state index contributed by atoms with van der Waals surface area (Å²) in [6, 6.07) is 42.1. The van der Waals surface area contributed by atoms with Crippen LogP contribution in [0.15, 0.2) is 121 Å². The molecule has 0 saturated carbocycles. The largest absolute Gasteiger partial charge is 0.396 e. The van der Waals surface area contributed by atoms with Gasteiger partial charge in [0.1, 0.15) is 0 Å². The van der Waals surface area contributed by atoms with Crippen LogP contribution in [0.1, 0.15) is 17.2 Å². The van der Waals surface area contributed by atoms with E-state index in [1.165, 1.54) is 21.5 Å². The van der Waals surface area contributed by atoms with Gasteiger partial charge in [-0.25, -0.2) is 0 Å². The summed E-state index contributed by atoms with van der Waals surface area (Å²) in [5.41, 5.74) is 2.36. The van der Waals surface area contributed by atoms with Gasteiger partial charge in [0.15, 0.2) is 0 Å². The second kappa shape index (κ2) is 8.63. The molecule has 0 aliphatic heterocycles. The number of rotatable bonds is 6. The van der Waals surface area contributed by atoms with E-state index in [-0.39, 0.29) is 6.10 Å². The second-order valence-corrected chi connectivity index (χ2v) is 8.43. The molecule has 0 heterocycles. The molecule has 1 nitrogen and oxygen atoms in total. The van der Waals surface area contributed by atoms with Crippen LogP contribution < -0.4 is 10.4 Å². The van der Waals surface area contributed by atoms with Gasteiger partial charge in [-0.1, -0.05) is 121 Å². The highest BCUT2D eigenvalue weighted by Gasteiger charge is 2.25. The molecule has 0 aliphatic carbocycles. The molecule has 2 heteroatoms. The van der Waals surface area contributed by atoms with Crippen LogP contribution in [-0.4, -0.2) is 9.04 Å². The highest BCUT2D eigenvalue weighted by molar-refractivity contribution is 6.80. The Morgan fingerprint density at radius 2 is 0.778 bits per heavy atom. The summed E-state index contributed by atoms with van der Waals surface area (Å²) in [4.78, 5) is 0. The quantitative estimate of drug-likeness (QED) is 0.454. The maximum Gasteiger partial charge on any atom is 0.283 e. The maximum atomic E-state index is 6.90. The fourth-order valence-corrected chi connectivity index (χ4v) is 5.29. The summed E-state index contributed by atoms with van der Waals surface area (Å²) in [6.07, 6.45) is -0.0956. The number of benzene rings is 4. The summed E-state index contributed by atoms with van der Waals surface area (Å²) < 4.78 is 6.90. The van der Waals surface area contributed by atoms with Crippen molar-refractivity contribution in [2.45, 2.75) is 6.10 Å². The van der Waals surface area contributed by atoms with Crippen molar-refractivity contribution in [2.24, 2.45) is 0 Å². The van der Waals surface area contributed by atoms with Gasteiger partial charge in [0.25, 0.3) is 9.04 Å². The van der Waals surface area contributed by atoms with E-state index in [0.717, 1.165) is 0 Å². The fraction of sp³-hybridized carbons (Fsp3) is 0.0400. The zero-order valence-electron chi connectivity index (χ0n) is 15.0. The van der Waals surface area contributed by atoms with Crippen molar-refractivity contribution in [2.75, 3.05) is 0 Å². The van der Waals surface area contributed by atoms with Crippen LogP contribution in [0.3, 0.4) is 0 Å². The fourth-order valence-electron chi connectivity index (χ4n) is 3.18. The lowest BCUT2D eigenvalue weighted by molar-refractivity contribution is 0.258. The highest BCUT2D eigenvalue weighted by atomic mass is 28.3. The molecule has 0 aliphatic rings. The van der Waals surface area contributed by atoms with E-state index in [1.54, 1.807) is 0 Å². The predicted octanol–water partition coefficient (Wildman–Crippen LogP) is 4.60. The first kappa shape index (κ1) is 17.5. The lowest BCUT2D eigenvalue weighted by Gasteiger charge is -2.25. The van der Waals surface area contributed by atoms with Gasteiger partial charge >= 0.3 is 0 Å². The van der Waals surface area contributed by atoms with Crippen LogP contribution in [0.2, 0.25) is 0 Å². The average Bonchev–Trinajstić information content (AvgIpc) is 2.77. The van der Waals surface area contributed by atoms with Gasteiger partial charge < -0.3 is 4.43 Å². The first-order chi connectivity index (χ1) is 13.4. The van der Waals surface area contributed by atoms with Crippen LogP contribution in [-0.2, 0) is 4.43 Å².